The van der Waals surface area contributed by atoms with E-state index in [1.807, 2.05) is 30.1 Å². The molecule has 1 saturated heterocycles. The van der Waals surface area contributed by atoms with Gasteiger partial charge in [0.15, 0.2) is 0 Å². The number of fused-ring (bicyclic) bond motifs is 1. The van der Waals surface area contributed by atoms with Gasteiger partial charge in [-0.15, -0.1) is 0 Å². The number of carbonyl (C=O) groups is 2. The van der Waals surface area contributed by atoms with Crippen molar-refractivity contribution in [1.29, 1.82) is 0 Å². The number of piperidine rings is 1. The first-order valence-corrected chi connectivity index (χ1v) is 9.85. The van der Waals surface area contributed by atoms with Crippen LogP contribution in [0.2, 0.25) is 5.15 Å². The summed E-state index contributed by atoms with van der Waals surface area (Å²) in [5.74, 6) is -0.0358. The van der Waals surface area contributed by atoms with Crippen LogP contribution in [0.1, 0.15) is 23.2 Å². The topological polar surface area (TPSA) is 129 Å². The lowest BCUT2D eigenvalue weighted by atomic mass is 9.99. The summed E-state index contributed by atoms with van der Waals surface area (Å²) in [6, 6.07) is 7.35. The minimum atomic E-state index is -0.777. The van der Waals surface area contributed by atoms with Crippen molar-refractivity contribution >= 4 is 40.3 Å². The van der Waals surface area contributed by atoms with Crippen LogP contribution in [0.3, 0.4) is 0 Å². The lowest BCUT2D eigenvalue weighted by Gasteiger charge is -2.32. The van der Waals surface area contributed by atoms with Crippen molar-refractivity contribution in [3.63, 3.8) is 0 Å². The Morgan fingerprint density at radius 3 is 2.60 bits per heavy atom. The first kappa shape index (κ1) is 20.0. The van der Waals surface area contributed by atoms with Crippen LogP contribution in [-0.4, -0.2) is 46.0 Å². The maximum absolute atomic E-state index is 12.3. The Morgan fingerprint density at radius 2 is 1.93 bits per heavy atom. The molecule has 0 atom stereocenters. The van der Waals surface area contributed by atoms with E-state index in [0.717, 1.165) is 16.5 Å². The molecule has 1 aliphatic heterocycles. The van der Waals surface area contributed by atoms with E-state index in [1.165, 1.54) is 0 Å². The summed E-state index contributed by atoms with van der Waals surface area (Å²) in [5, 5.41) is 5.35. The molecule has 2 amide bonds. The number of pyridine rings is 1. The van der Waals surface area contributed by atoms with Gasteiger partial charge in [-0.1, -0.05) is 17.7 Å². The van der Waals surface area contributed by atoms with Crippen molar-refractivity contribution in [2.45, 2.75) is 18.9 Å². The van der Waals surface area contributed by atoms with E-state index in [-0.39, 0.29) is 11.3 Å². The number of carbonyl (C=O) groups excluding carboxylic acids is 2. The molecule has 0 saturated carbocycles. The molecule has 3 aromatic rings. The molecule has 0 radical (unpaired) electrons. The summed E-state index contributed by atoms with van der Waals surface area (Å²) in [5.41, 5.74) is 13.3. The summed E-state index contributed by atoms with van der Waals surface area (Å²) >= 11 is 6.53. The van der Waals surface area contributed by atoms with Crippen molar-refractivity contribution in [3.05, 3.63) is 41.2 Å². The first-order chi connectivity index (χ1) is 14.3. The Hall–Kier alpha value is -3.33. The Morgan fingerprint density at radius 1 is 1.20 bits per heavy atom. The number of benzene rings is 1. The smallest absolute Gasteiger partial charge is 0.404 e. The maximum atomic E-state index is 12.3. The zero-order valence-corrected chi connectivity index (χ0v) is 17.1. The molecule has 0 aliphatic carbocycles. The standard InChI is InChI=1S/C20H21ClN6O3/c1-26-15-3-2-11(8-12(15)10-24-26)17-14(19(22)28)9-16(25-18(17)21)27-6-4-13(5-7-27)30-20(23)29/h2-3,8-10,13H,4-7H2,1H3,(H2,22,28)(H2,23,29). The monoisotopic (exact) mass is 428 g/mol. The second kappa shape index (κ2) is 7.83. The van der Waals surface area contributed by atoms with Gasteiger partial charge in [0.1, 0.15) is 17.1 Å². The number of halogens is 1. The summed E-state index contributed by atoms with van der Waals surface area (Å²) in [6.45, 7) is 1.17. The number of aryl methyl sites for hydroxylation is 1. The molecular weight excluding hydrogens is 408 g/mol. The normalized spacial score (nSPS) is 14.8. The third-order valence-corrected chi connectivity index (χ3v) is 5.58. The van der Waals surface area contributed by atoms with Crippen molar-refractivity contribution in [3.8, 4) is 11.1 Å². The number of nitrogens with zero attached hydrogens (tertiary/aromatic N) is 4. The first-order valence-electron chi connectivity index (χ1n) is 9.47. The van der Waals surface area contributed by atoms with Crippen LogP contribution in [0.4, 0.5) is 10.6 Å². The third-order valence-electron chi connectivity index (χ3n) is 5.31. The Balaban J connectivity index is 1.68. The number of aromatic nitrogens is 3. The van der Waals surface area contributed by atoms with Crippen molar-refractivity contribution in [2.75, 3.05) is 18.0 Å². The van der Waals surface area contributed by atoms with Crippen molar-refractivity contribution in [2.24, 2.45) is 18.5 Å². The predicted molar refractivity (Wildman–Crippen MR) is 113 cm³/mol. The molecule has 3 heterocycles. The molecule has 1 aromatic carbocycles. The quantitative estimate of drug-likeness (QED) is 0.614. The number of hydrogen-bond acceptors (Lipinski definition) is 6. The van der Waals surface area contributed by atoms with Crippen molar-refractivity contribution in [1.82, 2.24) is 14.8 Å². The van der Waals surface area contributed by atoms with Crippen LogP contribution < -0.4 is 16.4 Å². The van der Waals surface area contributed by atoms with Gasteiger partial charge in [0.05, 0.1) is 17.3 Å². The van der Waals surface area contributed by atoms with Gasteiger partial charge in [0, 0.05) is 43.9 Å². The largest absolute Gasteiger partial charge is 0.446 e. The number of ether oxygens (including phenoxy) is 1. The Labute approximate surface area is 177 Å². The maximum Gasteiger partial charge on any atom is 0.404 e. The van der Waals surface area contributed by atoms with Crippen LogP contribution >= 0.6 is 11.6 Å². The average Bonchev–Trinajstić information content (AvgIpc) is 3.07. The minimum absolute atomic E-state index is 0.194. The van der Waals surface area contributed by atoms with Gasteiger partial charge in [-0.2, -0.15) is 5.10 Å². The highest BCUT2D eigenvalue weighted by molar-refractivity contribution is 6.33. The number of anilines is 1. The number of rotatable bonds is 4. The molecule has 2 aromatic heterocycles. The zero-order chi connectivity index (χ0) is 21.4. The molecule has 0 unspecified atom stereocenters. The van der Waals surface area contributed by atoms with E-state index in [4.69, 9.17) is 27.8 Å². The number of amides is 2. The molecule has 0 spiro atoms. The average molecular weight is 429 g/mol. The molecular formula is C20H21ClN6O3. The second-order valence-corrected chi connectivity index (χ2v) is 7.58. The molecule has 9 nitrogen and oxygen atoms in total. The van der Waals surface area contributed by atoms with E-state index in [0.29, 0.717) is 42.9 Å². The van der Waals surface area contributed by atoms with Crippen LogP contribution in [0.25, 0.3) is 22.0 Å². The molecule has 4 N–H and O–H groups in total. The molecule has 10 heteroatoms. The minimum Gasteiger partial charge on any atom is -0.446 e. The van der Waals surface area contributed by atoms with E-state index < -0.39 is 12.0 Å². The number of nitrogens with two attached hydrogens (primary N) is 2. The predicted octanol–water partition coefficient (Wildman–Crippen LogP) is 2.45. The van der Waals surface area contributed by atoms with Gasteiger partial charge in [-0.25, -0.2) is 9.78 Å². The second-order valence-electron chi connectivity index (χ2n) is 7.22. The highest BCUT2D eigenvalue weighted by atomic mass is 35.5. The van der Waals surface area contributed by atoms with Crippen LogP contribution in [0.5, 0.6) is 0 Å². The van der Waals surface area contributed by atoms with E-state index in [9.17, 15) is 9.59 Å². The van der Waals surface area contributed by atoms with E-state index in [2.05, 4.69) is 10.1 Å². The van der Waals surface area contributed by atoms with Gasteiger partial charge >= 0.3 is 6.09 Å². The van der Waals surface area contributed by atoms with Crippen LogP contribution in [-0.2, 0) is 11.8 Å². The summed E-state index contributed by atoms with van der Waals surface area (Å²) in [6.07, 6.45) is 1.95. The summed E-state index contributed by atoms with van der Waals surface area (Å²) < 4.78 is 6.83. The number of primary amides is 2. The third kappa shape index (κ3) is 3.76. The van der Waals surface area contributed by atoms with E-state index in [1.54, 1.807) is 16.9 Å². The molecule has 156 valence electrons. The van der Waals surface area contributed by atoms with Crippen LogP contribution in [0.15, 0.2) is 30.5 Å². The summed E-state index contributed by atoms with van der Waals surface area (Å²) in [4.78, 5) is 29.7. The fourth-order valence-corrected chi connectivity index (χ4v) is 4.12. The van der Waals surface area contributed by atoms with Gasteiger partial charge in [-0.3, -0.25) is 9.48 Å². The van der Waals surface area contributed by atoms with Gasteiger partial charge < -0.3 is 21.1 Å². The van der Waals surface area contributed by atoms with Gasteiger partial charge in [0.25, 0.3) is 0 Å². The fraction of sp³-hybridized carbons (Fsp3) is 0.300. The highest BCUT2D eigenvalue weighted by Crippen LogP contribution is 2.35. The highest BCUT2D eigenvalue weighted by Gasteiger charge is 2.25. The lowest BCUT2D eigenvalue weighted by Crippen LogP contribution is -2.39. The summed E-state index contributed by atoms with van der Waals surface area (Å²) in [7, 11) is 1.86. The molecule has 30 heavy (non-hydrogen) atoms. The Kier molecular flexibility index (Phi) is 5.21. The zero-order valence-electron chi connectivity index (χ0n) is 16.3. The molecule has 4 rings (SSSR count). The van der Waals surface area contributed by atoms with Crippen LogP contribution in [0, 0.1) is 0 Å². The van der Waals surface area contributed by atoms with E-state index >= 15 is 0 Å². The van der Waals surface area contributed by atoms with Gasteiger partial charge in [0.2, 0.25) is 5.91 Å². The molecule has 1 fully saturated rings. The molecule has 0 bridgehead atoms. The lowest BCUT2D eigenvalue weighted by molar-refractivity contribution is 0.0910. The van der Waals surface area contributed by atoms with Gasteiger partial charge in [-0.05, 0) is 23.8 Å². The molecule has 1 aliphatic rings. The number of hydrogen-bond donors (Lipinski definition) is 2. The van der Waals surface area contributed by atoms with Crippen molar-refractivity contribution < 1.29 is 14.3 Å². The fourth-order valence-electron chi connectivity index (χ4n) is 3.82. The SMILES string of the molecule is Cn1ncc2cc(-c3c(C(N)=O)cc(N4CCC(OC(N)=O)CC4)nc3Cl)ccc21. The Bertz CT molecular complexity index is 1140.